The van der Waals surface area contributed by atoms with Gasteiger partial charge in [0.05, 0.1) is 30.3 Å². The molecule has 1 saturated heterocycles. The number of hydrogen-bond donors (Lipinski definition) is 17. The number of benzene rings is 1. The van der Waals surface area contributed by atoms with Crippen molar-refractivity contribution < 1.29 is 77.3 Å². The maximum Gasteiger partial charge on any atom is 0.305 e. The van der Waals surface area contributed by atoms with E-state index in [0.29, 0.717) is 16.3 Å². The average Bonchev–Trinajstić information content (AvgIpc) is 1.82. The van der Waals surface area contributed by atoms with E-state index in [2.05, 4.69) is 73.4 Å². The number of carboxylic acids is 2. The van der Waals surface area contributed by atoms with Crippen LogP contribution in [0.5, 0.6) is 0 Å². The van der Waals surface area contributed by atoms with Crippen LogP contribution in [0.1, 0.15) is 144 Å². The van der Waals surface area contributed by atoms with Gasteiger partial charge in [-0.15, -0.1) is 11.8 Å². The summed E-state index contributed by atoms with van der Waals surface area (Å²) in [6, 6.07) is -8.36. The van der Waals surface area contributed by atoms with E-state index in [0.717, 1.165) is 0 Å². The van der Waals surface area contributed by atoms with E-state index in [1.165, 1.54) is 24.3 Å². The summed E-state index contributed by atoms with van der Waals surface area (Å²) in [7, 11) is 0. The highest BCUT2D eigenvalue weighted by atomic mass is 32.2. The number of carboxylic acid groups (broad SMARTS) is 2. The van der Waals surface area contributed by atoms with E-state index in [9.17, 15) is 77.3 Å². The number of rotatable bonds is 30. The van der Waals surface area contributed by atoms with Gasteiger partial charge in [0.2, 0.25) is 70.9 Å². The van der Waals surface area contributed by atoms with Crippen molar-refractivity contribution >= 4 is 99.6 Å². The van der Waals surface area contributed by atoms with Gasteiger partial charge in [-0.3, -0.25) is 72.1 Å². The molecule has 20 N–H and O–H groups in total. The molecule has 1 fully saturated rings. The second kappa shape index (κ2) is 41.4. The Balaban J connectivity index is 1.77. The second-order valence-corrected chi connectivity index (χ2v) is 26.9. The Hall–Kier alpha value is -9.05. The molecular weight excluding hydrogens is 1310 g/mol. The van der Waals surface area contributed by atoms with Gasteiger partial charge in [-0.1, -0.05) is 98.6 Å². The number of nitrogens with zero attached hydrogens (tertiary/aromatic N) is 2. The van der Waals surface area contributed by atoms with Crippen LogP contribution in [0.4, 0.5) is 0 Å². The molecule has 34 heteroatoms. The normalized spacial score (nSPS) is 23.0. The topological polar surface area (TPSA) is 531 Å². The predicted octanol–water partition coefficient (Wildman–Crippen LogP) is -2.07. The Morgan fingerprint density at radius 1 is 0.677 bits per heavy atom. The third-order valence-electron chi connectivity index (χ3n) is 16.9. The summed E-state index contributed by atoms with van der Waals surface area (Å²) in [6.45, 7) is 14.0. The van der Waals surface area contributed by atoms with Gasteiger partial charge in [0.1, 0.15) is 66.5 Å². The first kappa shape index (κ1) is 82.4. The highest BCUT2D eigenvalue weighted by Gasteiger charge is 2.40. The zero-order valence-corrected chi connectivity index (χ0v) is 58.3. The number of H-pyrrole nitrogens is 1. The molecule has 0 aliphatic carbocycles. The standard InChI is InChI=1S/C65H101N17O16S/c1-9-35(7)52(82-57(91)41(21-22-49(84)85)73-58(92)42(25-33(3)4)75-62(96)47-31-99-65(80-47)51(68)34(5)6)63(97)74-39-19-14-15-24-70-54(88)45(28-48(67)83)77-61(95)46(29-50(86)87)78-60(94)44(27-38-30-69-32-71-38)76-59(93)43(26-37-17-12-11-13-18-37)79-64(98)53(36(8)10-2)81-56(90)40(20-16-23-66)72-55(39)89/h11-13,17-18,30,32-36,39-47,51-53H,9-10,14-16,19-29,31,66,68H2,1-8H3,(H2,67,83)(H,69,71)(H,70,88)(H,72,89)(H,73,92)(H,74,97)(H,75,96)(H,76,93)(H,77,95)(H,78,94)(H,79,98)(H,81,90)(H,82,91)(H,84,85)(H,86,87). The lowest BCUT2D eigenvalue weighted by atomic mass is 9.96. The quantitative estimate of drug-likeness (QED) is 0.0400. The van der Waals surface area contributed by atoms with Gasteiger partial charge in [0.15, 0.2) is 0 Å². The smallest absolute Gasteiger partial charge is 0.305 e. The summed E-state index contributed by atoms with van der Waals surface area (Å²) in [5.41, 5.74) is 18.6. The van der Waals surface area contributed by atoms with E-state index >= 15 is 0 Å². The first-order valence-corrected chi connectivity index (χ1v) is 34.5. The number of aliphatic carboxylic acids is 2. The maximum absolute atomic E-state index is 14.9. The zero-order chi connectivity index (χ0) is 73.6. The minimum absolute atomic E-state index is 0.00106. The van der Waals surface area contributed by atoms with Crippen LogP contribution in [0.2, 0.25) is 0 Å². The maximum atomic E-state index is 14.9. The Morgan fingerprint density at radius 2 is 1.28 bits per heavy atom. The van der Waals surface area contributed by atoms with E-state index in [1.807, 2.05) is 13.8 Å². The largest absolute Gasteiger partial charge is 0.481 e. The molecule has 548 valence electrons. The van der Waals surface area contributed by atoms with Crippen molar-refractivity contribution in [2.75, 3.05) is 18.8 Å². The Kier molecular flexibility index (Phi) is 34.4. The van der Waals surface area contributed by atoms with Gasteiger partial charge in [-0.25, -0.2) is 4.98 Å². The molecule has 2 aliphatic heterocycles. The molecule has 4 rings (SSSR count). The van der Waals surface area contributed by atoms with E-state index in [-0.39, 0.29) is 94.9 Å². The number of imidazole rings is 1. The molecule has 33 nitrogen and oxygen atoms in total. The first-order chi connectivity index (χ1) is 46.8. The van der Waals surface area contributed by atoms with Crippen molar-refractivity contribution in [3.8, 4) is 0 Å². The average molecular weight is 1410 g/mol. The molecule has 0 radical (unpaired) electrons. The van der Waals surface area contributed by atoms with Crippen molar-refractivity contribution in [2.45, 2.75) is 218 Å². The summed E-state index contributed by atoms with van der Waals surface area (Å²) >= 11 is 1.33. The molecule has 99 heavy (non-hydrogen) atoms. The number of carbonyl (C=O) groups is 14. The SMILES string of the molecule is CCC(C)C(NC(=O)C(CCC(=O)O)NC(=O)C(CC(C)C)NC(=O)C1CSC(C(N)C(C)C)=N1)C(=O)NC1CCCCNC(=O)C(CC(N)=O)NC(=O)C(CC(=O)O)NC(=O)C(Cc2cnc[nH]2)NC(=O)C(Cc2ccccc2)NC(=O)C(C(C)CC)NC(=O)C(CCCN)NC1=O. The minimum Gasteiger partial charge on any atom is -0.481 e. The predicted molar refractivity (Wildman–Crippen MR) is 365 cm³/mol. The number of aromatic amines is 1. The van der Waals surface area contributed by atoms with Gasteiger partial charge in [-0.2, -0.15) is 0 Å². The lowest BCUT2D eigenvalue weighted by molar-refractivity contribution is -0.142. The summed E-state index contributed by atoms with van der Waals surface area (Å²) < 4.78 is 0. The van der Waals surface area contributed by atoms with Crippen molar-refractivity contribution in [1.29, 1.82) is 0 Å². The summed E-state index contributed by atoms with van der Waals surface area (Å²) in [5.74, 6) is -15.5. The van der Waals surface area contributed by atoms with Gasteiger partial charge in [0.25, 0.3) is 0 Å². The Labute approximate surface area is 579 Å². The fraction of sp³-hybridized carbons (Fsp3) is 0.631. The molecule has 0 saturated carbocycles. The van der Waals surface area contributed by atoms with Crippen LogP contribution in [0, 0.1) is 23.7 Å². The van der Waals surface area contributed by atoms with Crippen LogP contribution in [-0.4, -0.2) is 199 Å². The number of carbonyl (C=O) groups excluding carboxylic acids is 12. The number of hydrogen-bond acceptors (Lipinski definition) is 19. The number of primary amides is 1. The summed E-state index contributed by atoms with van der Waals surface area (Å²) in [4.78, 5) is 206. The second-order valence-electron chi connectivity index (χ2n) is 25.8. The van der Waals surface area contributed by atoms with Crippen molar-refractivity contribution in [1.82, 2.24) is 68.5 Å². The molecule has 14 atom stereocenters. The lowest BCUT2D eigenvalue weighted by Gasteiger charge is -2.30. The van der Waals surface area contributed by atoms with Crippen molar-refractivity contribution in [3.63, 3.8) is 0 Å². The monoisotopic (exact) mass is 1410 g/mol. The fourth-order valence-electron chi connectivity index (χ4n) is 10.6. The van der Waals surface area contributed by atoms with E-state index < -0.39 is 193 Å². The highest BCUT2D eigenvalue weighted by Crippen LogP contribution is 2.24. The van der Waals surface area contributed by atoms with E-state index in [1.54, 1.807) is 71.9 Å². The van der Waals surface area contributed by atoms with Crippen LogP contribution in [0.15, 0.2) is 47.8 Å². The molecule has 0 bridgehead atoms. The highest BCUT2D eigenvalue weighted by molar-refractivity contribution is 8.14. The molecule has 0 spiro atoms. The molecule has 12 amide bonds. The molecule has 1 aromatic heterocycles. The molecule has 2 aromatic rings. The number of amides is 12. The van der Waals surface area contributed by atoms with Gasteiger partial charge >= 0.3 is 11.9 Å². The summed E-state index contributed by atoms with van der Waals surface area (Å²) in [5, 5.41) is 49.0. The molecule has 3 heterocycles. The third kappa shape index (κ3) is 27.7. The number of aromatic nitrogens is 2. The van der Waals surface area contributed by atoms with Crippen molar-refractivity contribution in [3.05, 3.63) is 54.1 Å². The Morgan fingerprint density at radius 3 is 1.87 bits per heavy atom. The summed E-state index contributed by atoms with van der Waals surface area (Å²) in [6.07, 6.45) is -0.414. The van der Waals surface area contributed by atoms with Crippen LogP contribution in [-0.2, 0) is 80.0 Å². The third-order valence-corrected chi connectivity index (χ3v) is 18.1. The van der Waals surface area contributed by atoms with Crippen LogP contribution < -0.4 is 75.7 Å². The number of aliphatic imine (C=N–C) groups is 1. The van der Waals surface area contributed by atoms with Crippen LogP contribution in [0.3, 0.4) is 0 Å². The molecule has 2 aliphatic rings. The first-order valence-electron chi connectivity index (χ1n) is 33.6. The number of nitrogens with two attached hydrogens (primary N) is 3. The van der Waals surface area contributed by atoms with Gasteiger partial charge in [0, 0.05) is 43.5 Å². The van der Waals surface area contributed by atoms with Crippen LogP contribution >= 0.6 is 11.8 Å². The van der Waals surface area contributed by atoms with Crippen molar-refractivity contribution in [2.24, 2.45) is 45.9 Å². The van der Waals surface area contributed by atoms with E-state index in [4.69, 9.17) is 17.2 Å². The minimum atomic E-state index is -1.94. The number of thioether (sulfide) groups is 1. The zero-order valence-electron chi connectivity index (χ0n) is 57.4. The molecule has 1 aromatic carbocycles. The molecule has 14 unspecified atom stereocenters. The fourth-order valence-corrected chi connectivity index (χ4v) is 11.9. The number of nitrogens with one attached hydrogen (secondary N) is 12. The van der Waals surface area contributed by atoms with Gasteiger partial charge < -0.3 is 90.9 Å². The van der Waals surface area contributed by atoms with Gasteiger partial charge in [-0.05, 0) is 80.7 Å². The lowest BCUT2D eigenvalue weighted by Crippen LogP contribution is -2.62. The Bertz CT molecular complexity index is 3140. The van der Waals surface area contributed by atoms with Crippen LogP contribution in [0.25, 0.3) is 0 Å². The molecular formula is C65H101N17O16S.